The number of rotatable bonds is 5. The monoisotopic (exact) mass is 289 g/mol. The second-order valence-corrected chi connectivity index (χ2v) is 6.89. The molecule has 0 aliphatic heterocycles. The molecule has 114 valence electrons. The van der Waals surface area contributed by atoms with Crippen LogP contribution in [0.5, 0.6) is 0 Å². The van der Waals surface area contributed by atoms with Gasteiger partial charge in [0.1, 0.15) is 5.82 Å². The topological polar surface area (TPSA) is 29.1 Å². The summed E-state index contributed by atoms with van der Waals surface area (Å²) in [7, 11) is 0. The Morgan fingerprint density at radius 3 is 2.48 bits per heavy atom. The molecule has 0 saturated heterocycles. The van der Waals surface area contributed by atoms with E-state index < -0.39 is 0 Å². The Kier molecular flexibility index (Phi) is 4.12. The van der Waals surface area contributed by atoms with Crippen molar-refractivity contribution < 1.29 is 9.18 Å². The number of halogens is 1. The zero-order valence-corrected chi connectivity index (χ0v) is 12.8. The Morgan fingerprint density at radius 2 is 1.90 bits per heavy atom. The third-order valence-electron chi connectivity index (χ3n) is 5.47. The molecule has 0 heterocycles. The van der Waals surface area contributed by atoms with Gasteiger partial charge in [0.15, 0.2) is 5.78 Å². The molecule has 2 nitrogen and oxygen atoms in total. The molecule has 2 aliphatic carbocycles. The fraction of sp³-hybridized carbons (Fsp3) is 0.611. The molecular formula is C18H24FNO. The first-order chi connectivity index (χ1) is 10.0. The van der Waals surface area contributed by atoms with E-state index in [1.54, 1.807) is 12.1 Å². The normalized spacial score (nSPS) is 30.3. The van der Waals surface area contributed by atoms with Crippen molar-refractivity contribution in [2.24, 2.45) is 17.8 Å². The lowest BCUT2D eigenvalue weighted by atomic mass is 9.83. The molecule has 2 bridgehead atoms. The third kappa shape index (κ3) is 3.03. The first-order valence-corrected chi connectivity index (χ1v) is 8.10. The Hall–Kier alpha value is -1.22. The van der Waals surface area contributed by atoms with Crippen molar-refractivity contribution in [1.82, 2.24) is 5.32 Å². The fourth-order valence-corrected chi connectivity index (χ4v) is 4.36. The molecule has 5 unspecified atom stereocenters. The van der Waals surface area contributed by atoms with Gasteiger partial charge in [0.25, 0.3) is 0 Å². The number of fused-ring (bicyclic) bond motifs is 2. The van der Waals surface area contributed by atoms with Crippen LogP contribution in [0.15, 0.2) is 24.3 Å². The van der Waals surface area contributed by atoms with Gasteiger partial charge in [-0.05, 0) is 75.1 Å². The molecule has 3 heteroatoms. The van der Waals surface area contributed by atoms with Crippen LogP contribution in [0, 0.1) is 23.6 Å². The van der Waals surface area contributed by atoms with E-state index >= 15 is 0 Å². The minimum atomic E-state index is -0.303. The highest BCUT2D eigenvalue weighted by Gasteiger charge is 2.42. The van der Waals surface area contributed by atoms with E-state index in [4.69, 9.17) is 0 Å². The van der Waals surface area contributed by atoms with Crippen molar-refractivity contribution in [2.75, 3.05) is 0 Å². The van der Waals surface area contributed by atoms with E-state index in [1.807, 2.05) is 6.92 Å². The maximum atomic E-state index is 12.9. The van der Waals surface area contributed by atoms with Crippen molar-refractivity contribution in [3.8, 4) is 0 Å². The molecule has 1 aromatic carbocycles. The first-order valence-electron chi connectivity index (χ1n) is 8.10. The molecule has 0 radical (unpaired) electrons. The number of Topliss-reactive ketones (excluding diaryl/α,β-unsaturated/α-hetero) is 1. The molecule has 0 spiro atoms. The fourth-order valence-electron chi connectivity index (χ4n) is 4.36. The van der Waals surface area contributed by atoms with Crippen molar-refractivity contribution in [3.05, 3.63) is 35.6 Å². The smallest absolute Gasteiger partial charge is 0.179 e. The van der Waals surface area contributed by atoms with Crippen molar-refractivity contribution >= 4 is 5.78 Å². The Labute approximate surface area is 126 Å². The lowest BCUT2D eigenvalue weighted by Gasteiger charge is -2.30. The number of ketones is 1. The minimum absolute atomic E-state index is 0.0463. The minimum Gasteiger partial charge on any atom is -0.305 e. The largest absolute Gasteiger partial charge is 0.305 e. The average Bonchev–Trinajstić information content (AvgIpc) is 3.10. The summed E-state index contributed by atoms with van der Waals surface area (Å²) in [5, 5.41) is 3.48. The molecule has 3 rings (SSSR count). The molecule has 2 saturated carbocycles. The highest BCUT2D eigenvalue weighted by Crippen LogP contribution is 2.49. The van der Waals surface area contributed by atoms with Crippen LogP contribution in [0.2, 0.25) is 0 Å². The maximum Gasteiger partial charge on any atom is 0.179 e. The SMILES string of the molecule is CC(NC(C)C1CC2CCC1C2)C(=O)c1ccc(F)cc1. The molecule has 21 heavy (non-hydrogen) atoms. The summed E-state index contributed by atoms with van der Waals surface area (Å²) in [5.74, 6) is 2.23. The van der Waals surface area contributed by atoms with Crippen LogP contribution < -0.4 is 5.32 Å². The van der Waals surface area contributed by atoms with Gasteiger partial charge in [-0.2, -0.15) is 0 Å². The van der Waals surface area contributed by atoms with Crippen LogP contribution in [0.3, 0.4) is 0 Å². The molecule has 1 aromatic rings. The summed E-state index contributed by atoms with van der Waals surface area (Å²) in [6.07, 6.45) is 5.47. The highest BCUT2D eigenvalue weighted by molar-refractivity contribution is 5.99. The molecule has 1 N–H and O–H groups in total. The van der Waals surface area contributed by atoms with Crippen LogP contribution in [-0.4, -0.2) is 17.9 Å². The summed E-state index contributed by atoms with van der Waals surface area (Å²) in [4.78, 5) is 12.4. The van der Waals surface area contributed by atoms with E-state index in [2.05, 4.69) is 12.2 Å². The van der Waals surface area contributed by atoms with Gasteiger partial charge in [0.2, 0.25) is 0 Å². The van der Waals surface area contributed by atoms with Crippen LogP contribution in [0.1, 0.15) is 49.9 Å². The Balaban J connectivity index is 1.59. The predicted octanol–water partition coefficient (Wildman–Crippen LogP) is 3.81. The second kappa shape index (κ2) is 5.88. The number of benzene rings is 1. The third-order valence-corrected chi connectivity index (χ3v) is 5.47. The van der Waals surface area contributed by atoms with Gasteiger partial charge in [0.05, 0.1) is 6.04 Å². The zero-order chi connectivity index (χ0) is 15.0. The van der Waals surface area contributed by atoms with E-state index in [0.717, 1.165) is 11.8 Å². The molecule has 2 fully saturated rings. The molecule has 2 aliphatic rings. The number of hydrogen-bond acceptors (Lipinski definition) is 2. The number of carbonyl (C=O) groups is 1. The summed E-state index contributed by atoms with van der Waals surface area (Å²) in [6.45, 7) is 4.12. The molecular weight excluding hydrogens is 265 g/mol. The Morgan fingerprint density at radius 1 is 1.19 bits per heavy atom. The number of carbonyl (C=O) groups excluding carboxylic acids is 1. The van der Waals surface area contributed by atoms with E-state index in [9.17, 15) is 9.18 Å². The van der Waals surface area contributed by atoms with Crippen LogP contribution in [0.4, 0.5) is 4.39 Å². The zero-order valence-electron chi connectivity index (χ0n) is 12.8. The molecule has 0 aromatic heterocycles. The van der Waals surface area contributed by atoms with E-state index in [1.165, 1.54) is 37.8 Å². The van der Waals surface area contributed by atoms with Gasteiger partial charge in [0, 0.05) is 11.6 Å². The Bertz CT molecular complexity index is 512. The number of hydrogen-bond donors (Lipinski definition) is 1. The summed E-state index contributed by atoms with van der Waals surface area (Å²) in [6, 6.07) is 5.98. The number of nitrogens with one attached hydrogen (secondary N) is 1. The molecule has 0 amide bonds. The second-order valence-electron chi connectivity index (χ2n) is 6.89. The van der Waals surface area contributed by atoms with Crippen LogP contribution in [-0.2, 0) is 0 Å². The summed E-state index contributed by atoms with van der Waals surface area (Å²) >= 11 is 0. The maximum absolute atomic E-state index is 12.9. The first kappa shape index (κ1) is 14.7. The van der Waals surface area contributed by atoms with Crippen molar-refractivity contribution in [3.63, 3.8) is 0 Å². The van der Waals surface area contributed by atoms with Crippen LogP contribution >= 0.6 is 0 Å². The predicted molar refractivity (Wildman–Crippen MR) is 81.7 cm³/mol. The van der Waals surface area contributed by atoms with E-state index in [0.29, 0.717) is 17.5 Å². The summed E-state index contributed by atoms with van der Waals surface area (Å²) in [5.41, 5.74) is 0.580. The van der Waals surface area contributed by atoms with Gasteiger partial charge in [-0.1, -0.05) is 6.42 Å². The standard InChI is InChI=1S/C18H24FNO/c1-11(17-10-13-3-4-15(17)9-13)20-12(2)18(21)14-5-7-16(19)8-6-14/h5-8,11-13,15,17,20H,3-4,9-10H2,1-2H3. The van der Waals surface area contributed by atoms with E-state index in [-0.39, 0.29) is 17.6 Å². The average molecular weight is 289 g/mol. The highest BCUT2D eigenvalue weighted by atomic mass is 19.1. The van der Waals surface area contributed by atoms with Gasteiger partial charge in [-0.25, -0.2) is 4.39 Å². The summed E-state index contributed by atoms with van der Waals surface area (Å²) < 4.78 is 12.9. The van der Waals surface area contributed by atoms with Gasteiger partial charge < -0.3 is 5.32 Å². The van der Waals surface area contributed by atoms with Gasteiger partial charge in [-0.3, -0.25) is 4.79 Å². The van der Waals surface area contributed by atoms with Crippen molar-refractivity contribution in [1.29, 1.82) is 0 Å². The van der Waals surface area contributed by atoms with Crippen LogP contribution in [0.25, 0.3) is 0 Å². The quantitative estimate of drug-likeness (QED) is 0.835. The lowest BCUT2D eigenvalue weighted by Crippen LogP contribution is -2.44. The van der Waals surface area contributed by atoms with Crippen molar-refractivity contribution in [2.45, 2.75) is 51.6 Å². The lowest BCUT2D eigenvalue weighted by molar-refractivity contribution is 0.0934. The molecule has 5 atom stereocenters. The van der Waals surface area contributed by atoms with Gasteiger partial charge >= 0.3 is 0 Å². The van der Waals surface area contributed by atoms with Gasteiger partial charge in [-0.15, -0.1) is 0 Å².